The van der Waals surface area contributed by atoms with Crippen LogP contribution in [0.3, 0.4) is 0 Å². The zero-order valence-electron chi connectivity index (χ0n) is 11.7. The monoisotopic (exact) mass is 242 g/mol. The second kappa shape index (κ2) is 8.09. The maximum atomic E-state index is 11.7. The molecule has 4 heteroatoms. The van der Waals surface area contributed by atoms with Crippen molar-refractivity contribution >= 4 is 11.8 Å². The van der Waals surface area contributed by atoms with Gasteiger partial charge in [-0.25, -0.2) is 0 Å². The van der Waals surface area contributed by atoms with Gasteiger partial charge in [0.1, 0.15) is 0 Å². The minimum atomic E-state index is -0.0678. The van der Waals surface area contributed by atoms with Gasteiger partial charge in [-0.05, 0) is 25.7 Å². The Bertz CT molecular complexity index is 252. The fourth-order valence-corrected chi connectivity index (χ4v) is 1.88. The average Bonchev–Trinajstić information content (AvgIpc) is 2.14. The van der Waals surface area contributed by atoms with Crippen molar-refractivity contribution in [2.75, 3.05) is 13.1 Å². The van der Waals surface area contributed by atoms with E-state index in [9.17, 15) is 9.59 Å². The molecule has 1 atom stereocenters. The van der Waals surface area contributed by atoms with Gasteiger partial charge in [-0.3, -0.25) is 9.59 Å². The van der Waals surface area contributed by atoms with Crippen LogP contribution < -0.4 is 5.32 Å². The summed E-state index contributed by atoms with van der Waals surface area (Å²) in [5.41, 5.74) is 0. The molecule has 0 aromatic rings. The molecular weight excluding hydrogens is 216 g/mol. The maximum Gasteiger partial charge on any atom is 0.239 e. The van der Waals surface area contributed by atoms with Crippen molar-refractivity contribution in [1.29, 1.82) is 0 Å². The van der Waals surface area contributed by atoms with Crippen LogP contribution in [-0.4, -0.2) is 35.8 Å². The summed E-state index contributed by atoms with van der Waals surface area (Å²) in [6, 6.07) is 0.165. The third-order valence-corrected chi connectivity index (χ3v) is 2.51. The molecule has 0 aliphatic carbocycles. The van der Waals surface area contributed by atoms with Crippen LogP contribution in [0.25, 0.3) is 0 Å². The van der Waals surface area contributed by atoms with Gasteiger partial charge < -0.3 is 10.2 Å². The van der Waals surface area contributed by atoms with Crippen LogP contribution in [0.4, 0.5) is 0 Å². The largest absolute Gasteiger partial charge is 0.352 e. The Balaban J connectivity index is 4.09. The van der Waals surface area contributed by atoms with Crippen molar-refractivity contribution < 1.29 is 9.59 Å². The SMILES string of the molecule is CCCN(CC(=O)NC(C)CC(C)C)C(C)=O. The molecule has 2 amide bonds. The summed E-state index contributed by atoms with van der Waals surface area (Å²) in [6.07, 6.45) is 1.83. The summed E-state index contributed by atoms with van der Waals surface area (Å²) in [6.45, 7) is 10.6. The number of nitrogens with one attached hydrogen (secondary N) is 1. The van der Waals surface area contributed by atoms with Gasteiger partial charge in [0, 0.05) is 19.5 Å². The smallest absolute Gasteiger partial charge is 0.239 e. The molecule has 0 spiro atoms. The van der Waals surface area contributed by atoms with Gasteiger partial charge in [0.25, 0.3) is 0 Å². The number of nitrogens with zero attached hydrogens (tertiary/aromatic N) is 1. The van der Waals surface area contributed by atoms with Crippen molar-refractivity contribution in [3.8, 4) is 0 Å². The second-order valence-electron chi connectivity index (χ2n) is 5.04. The van der Waals surface area contributed by atoms with E-state index in [-0.39, 0.29) is 24.4 Å². The highest BCUT2D eigenvalue weighted by Gasteiger charge is 2.14. The van der Waals surface area contributed by atoms with E-state index in [1.165, 1.54) is 6.92 Å². The van der Waals surface area contributed by atoms with Crippen molar-refractivity contribution in [3.63, 3.8) is 0 Å². The van der Waals surface area contributed by atoms with Crippen molar-refractivity contribution in [1.82, 2.24) is 10.2 Å². The maximum absolute atomic E-state index is 11.7. The zero-order valence-corrected chi connectivity index (χ0v) is 11.7. The highest BCUT2D eigenvalue weighted by molar-refractivity contribution is 5.83. The molecule has 0 aliphatic rings. The fourth-order valence-electron chi connectivity index (χ4n) is 1.88. The zero-order chi connectivity index (χ0) is 13.4. The molecule has 4 nitrogen and oxygen atoms in total. The Kier molecular flexibility index (Phi) is 7.59. The number of hydrogen-bond donors (Lipinski definition) is 1. The van der Waals surface area contributed by atoms with Crippen LogP contribution in [-0.2, 0) is 9.59 Å². The molecule has 0 bridgehead atoms. The van der Waals surface area contributed by atoms with Crippen LogP contribution in [0.15, 0.2) is 0 Å². The minimum Gasteiger partial charge on any atom is -0.352 e. The molecule has 1 N–H and O–H groups in total. The fraction of sp³-hybridized carbons (Fsp3) is 0.846. The van der Waals surface area contributed by atoms with Crippen molar-refractivity contribution in [3.05, 3.63) is 0 Å². The molecule has 0 saturated carbocycles. The molecule has 0 rings (SSSR count). The van der Waals surface area contributed by atoms with Gasteiger partial charge in [0.05, 0.1) is 6.54 Å². The number of hydrogen-bond acceptors (Lipinski definition) is 2. The van der Waals surface area contributed by atoms with Gasteiger partial charge in [-0.15, -0.1) is 0 Å². The van der Waals surface area contributed by atoms with E-state index in [0.29, 0.717) is 12.5 Å². The van der Waals surface area contributed by atoms with Gasteiger partial charge in [0.2, 0.25) is 11.8 Å². The number of carbonyl (C=O) groups excluding carboxylic acids is 2. The Morgan fingerprint density at radius 3 is 2.24 bits per heavy atom. The van der Waals surface area contributed by atoms with E-state index in [2.05, 4.69) is 19.2 Å². The summed E-state index contributed by atoms with van der Waals surface area (Å²) in [7, 11) is 0. The lowest BCUT2D eigenvalue weighted by molar-refractivity contribution is -0.134. The Hall–Kier alpha value is -1.06. The predicted octanol–water partition coefficient (Wildman–Crippen LogP) is 1.80. The number of rotatable bonds is 7. The first-order valence-corrected chi connectivity index (χ1v) is 6.41. The molecule has 0 fully saturated rings. The van der Waals surface area contributed by atoms with Crippen LogP contribution in [0.1, 0.15) is 47.5 Å². The summed E-state index contributed by atoms with van der Waals surface area (Å²) in [5, 5.41) is 2.92. The molecule has 17 heavy (non-hydrogen) atoms. The first kappa shape index (κ1) is 15.9. The molecule has 0 aliphatic heterocycles. The van der Waals surface area contributed by atoms with Gasteiger partial charge in [-0.1, -0.05) is 20.8 Å². The van der Waals surface area contributed by atoms with Gasteiger partial charge in [0.15, 0.2) is 0 Å². The van der Waals surface area contributed by atoms with Crippen LogP contribution in [0, 0.1) is 5.92 Å². The van der Waals surface area contributed by atoms with E-state index in [4.69, 9.17) is 0 Å². The Morgan fingerprint density at radius 1 is 1.24 bits per heavy atom. The van der Waals surface area contributed by atoms with Gasteiger partial charge >= 0.3 is 0 Å². The Morgan fingerprint density at radius 2 is 1.82 bits per heavy atom. The van der Waals surface area contributed by atoms with Crippen LogP contribution >= 0.6 is 0 Å². The summed E-state index contributed by atoms with van der Waals surface area (Å²) >= 11 is 0. The molecule has 0 saturated heterocycles. The minimum absolute atomic E-state index is 0.0430. The standard InChI is InChI=1S/C13H26N2O2/c1-6-7-15(12(5)16)9-13(17)14-11(4)8-10(2)3/h10-11H,6-9H2,1-5H3,(H,14,17). The highest BCUT2D eigenvalue weighted by Crippen LogP contribution is 2.03. The molecular formula is C13H26N2O2. The van der Waals surface area contributed by atoms with Gasteiger partial charge in [-0.2, -0.15) is 0 Å². The van der Waals surface area contributed by atoms with Crippen molar-refractivity contribution in [2.24, 2.45) is 5.92 Å². The quantitative estimate of drug-likeness (QED) is 0.740. The van der Waals surface area contributed by atoms with E-state index < -0.39 is 0 Å². The topological polar surface area (TPSA) is 49.4 Å². The lowest BCUT2D eigenvalue weighted by Gasteiger charge is -2.22. The molecule has 0 heterocycles. The van der Waals surface area contributed by atoms with E-state index in [1.807, 2.05) is 13.8 Å². The first-order chi connectivity index (χ1) is 7.86. The van der Waals surface area contributed by atoms with E-state index >= 15 is 0 Å². The number of carbonyl (C=O) groups is 2. The third-order valence-electron chi connectivity index (χ3n) is 2.51. The molecule has 100 valence electrons. The Labute approximate surface area is 105 Å². The normalized spacial score (nSPS) is 12.4. The van der Waals surface area contributed by atoms with Crippen molar-refractivity contribution in [2.45, 2.75) is 53.5 Å². The molecule has 0 aromatic heterocycles. The summed E-state index contributed by atoms with van der Waals surface area (Å²) in [4.78, 5) is 24.6. The second-order valence-corrected chi connectivity index (χ2v) is 5.04. The molecule has 0 aromatic carbocycles. The van der Waals surface area contributed by atoms with E-state index in [0.717, 1.165) is 12.8 Å². The molecule has 0 radical (unpaired) electrons. The summed E-state index contributed by atoms with van der Waals surface area (Å²) in [5.74, 6) is 0.449. The summed E-state index contributed by atoms with van der Waals surface area (Å²) < 4.78 is 0. The van der Waals surface area contributed by atoms with Crippen LogP contribution in [0.2, 0.25) is 0 Å². The first-order valence-electron chi connectivity index (χ1n) is 6.41. The highest BCUT2D eigenvalue weighted by atomic mass is 16.2. The van der Waals surface area contributed by atoms with Crippen LogP contribution in [0.5, 0.6) is 0 Å². The molecule has 1 unspecified atom stereocenters. The average molecular weight is 242 g/mol. The lowest BCUT2D eigenvalue weighted by atomic mass is 10.1. The third kappa shape index (κ3) is 7.77. The number of amides is 2. The lowest BCUT2D eigenvalue weighted by Crippen LogP contribution is -2.43. The van der Waals surface area contributed by atoms with E-state index in [1.54, 1.807) is 4.90 Å². The predicted molar refractivity (Wildman–Crippen MR) is 69.6 cm³/mol.